The van der Waals surface area contributed by atoms with Crippen LogP contribution in [0.3, 0.4) is 0 Å². The van der Waals surface area contributed by atoms with Gasteiger partial charge in [0.15, 0.2) is 0 Å². The summed E-state index contributed by atoms with van der Waals surface area (Å²) in [7, 11) is 0. The molecule has 29 heavy (non-hydrogen) atoms. The van der Waals surface area contributed by atoms with Crippen LogP contribution in [0.25, 0.3) is 28.7 Å². The second kappa shape index (κ2) is 7.44. The maximum absolute atomic E-state index is 13.2. The number of rotatable bonds is 4. The van der Waals surface area contributed by atoms with Crippen LogP contribution in [0.15, 0.2) is 77.6 Å². The highest BCUT2D eigenvalue weighted by Crippen LogP contribution is 2.17. The first-order chi connectivity index (χ1) is 14.0. The molecule has 0 unspecified atom stereocenters. The summed E-state index contributed by atoms with van der Waals surface area (Å²) in [5.74, 6) is -0.820. The number of carboxylic acids is 1. The number of para-hydroxylation sites is 1. The molecule has 0 spiro atoms. The number of carboxylic acid groups (broad SMARTS) is 1. The Morgan fingerprint density at radius 3 is 2.48 bits per heavy atom. The number of benzene rings is 3. The second-order valence-corrected chi connectivity index (χ2v) is 6.39. The van der Waals surface area contributed by atoms with E-state index in [0.717, 1.165) is 5.56 Å². The van der Waals surface area contributed by atoms with Gasteiger partial charge in [0.2, 0.25) is 0 Å². The van der Waals surface area contributed by atoms with E-state index < -0.39 is 5.97 Å². The predicted octanol–water partition coefficient (Wildman–Crippen LogP) is 3.33. The van der Waals surface area contributed by atoms with Crippen molar-refractivity contribution in [3.63, 3.8) is 0 Å². The molecule has 6 heteroatoms. The van der Waals surface area contributed by atoms with Crippen LogP contribution in [0, 0.1) is 0 Å². The molecule has 142 valence electrons. The Bertz CT molecular complexity index is 1300. The lowest BCUT2D eigenvalue weighted by atomic mass is 10.1. The summed E-state index contributed by atoms with van der Waals surface area (Å²) in [5.41, 5.74) is 1.49. The minimum atomic E-state index is -1.08. The predicted molar refractivity (Wildman–Crippen MR) is 109 cm³/mol. The van der Waals surface area contributed by atoms with Crippen LogP contribution in [0.2, 0.25) is 0 Å². The van der Waals surface area contributed by atoms with Crippen molar-refractivity contribution in [3.8, 4) is 11.4 Å². The Hall–Kier alpha value is -4.19. The Balaban J connectivity index is 1.94. The second-order valence-electron chi connectivity index (χ2n) is 6.39. The van der Waals surface area contributed by atoms with E-state index in [2.05, 4.69) is 4.98 Å². The molecular weight excluding hydrogens is 368 g/mol. The molecule has 4 rings (SSSR count). The van der Waals surface area contributed by atoms with E-state index in [0.29, 0.717) is 22.4 Å². The van der Waals surface area contributed by atoms with E-state index in [4.69, 9.17) is 0 Å². The lowest BCUT2D eigenvalue weighted by Gasteiger charge is -2.12. The fourth-order valence-electron chi connectivity index (χ4n) is 3.04. The van der Waals surface area contributed by atoms with E-state index in [-0.39, 0.29) is 16.9 Å². The highest BCUT2D eigenvalue weighted by atomic mass is 16.4. The third kappa shape index (κ3) is 3.64. The average Bonchev–Trinajstić information content (AvgIpc) is 2.73. The van der Waals surface area contributed by atoms with Crippen LogP contribution in [0.5, 0.6) is 5.75 Å². The Labute approximate surface area is 165 Å². The van der Waals surface area contributed by atoms with E-state index >= 15 is 0 Å². The molecule has 1 N–H and O–H groups in total. The van der Waals surface area contributed by atoms with Gasteiger partial charge in [-0.15, -0.1) is 5.75 Å². The van der Waals surface area contributed by atoms with Crippen molar-refractivity contribution in [1.29, 1.82) is 0 Å². The summed E-state index contributed by atoms with van der Waals surface area (Å²) in [4.78, 5) is 29.1. The number of aromatic nitrogens is 2. The molecule has 0 aliphatic heterocycles. The van der Waals surface area contributed by atoms with Gasteiger partial charge in [-0.25, -0.2) is 9.78 Å². The number of fused-ring (bicyclic) bond motifs is 1. The van der Waals surface area contributed by atoms with Gasteiger partial charge in [-0.05, 0) is 42.0 Å². The van der Waals surface area contributed by atoms with Crippen molar-refractivity contribution in [2.75, 3.05) is 0 Å². The molecule has 0 fully saturated rings. The van der Waals surface area contributed by atoms with Crippen molar-refractivity contribution in [3.05, 3.63) is 100 Å². The van der Waals surface area contributed by atoms with E-state index in [1.807, 2.05) is 0 Å². The first-order valence-corrected chi connectivity index (χ1v) is 8.83. The van der Waals surface area contributed by atoms with Gasteiger partial charge in [0.1, 0.15) is 5.82 Å². The molecule has 3 aromatic carbocycles. The summed E-state index contributed by atoms with van der Waals surface area (Å²) in [6.07, 6.45) is 3.41. The van der Waals surface area contributed by atoms with Gasteiger partial charge in [0.05, 0.1) is 22.2 Å². The maximum atomic E-state index is 13.2. The largest absolute Gasteiger partial charge is 0.872 e. The zero-order chi connectivity index (χ0) is 20.4. The molecule has 0 atom stereocenters. The summed E-state index contributed by atoms with van der Waals surface area (Å²) < 4.78 is 1.38. The van der Waals surface area contributed by atoms with Gasteiger partial charge < -0.3 is 10.2 Å². The van der Waals surface area contributed by atoms with E-state index in [1.165, 1.54) is 28.8 Å². The van der Waals surface area contributed by atoms with Crippen LogP contribution in [0.4, 0.5) is 0 Å². The highest BCUT2D eigenvalue weighted by Gasteiger charge is 2.12. The molecule has 0 saturated heterocycles. The topological polar surface area (TPSA) is 95.2 Å². The molecule has 0 aliphatic rings. The molecule has 0 amide bonds. The van der Waals surface area contributed by atoms with Crippen molar-refractivity contribution < 1.29 is 15.0 Å². The molecule has 0 saturated carbocycles. The smallest absolute Gasteiger partial charge is 0.335 e. The molecule has 4 aromatic rings. The van der Waals surface area contributed by atoms with Gasteiger partial charge in [0, 0.05) is 0 Å². The van der Waals surface area contributed by atoms with Crippen molar-refractivity contribution in [2.24, 2.45) is 0 Å². The van der Waals surface area contributed by atoms with E-state index in [1.54, 1.807) is 60.7 Å². The van der Waals surface area contributed by atoms with Crippen molar-refractivity contribution in [1.82, 2.24) is 9.55 Å². The Kier molecular flexibility index (Phi) is 4.66. The normalized spacial score (nSPS) is 11.2. The van der Waals surface area contributed by atoms with Gasteiger partial charge in [-0.3, -0.25) is 9.36 Å². The zero-order valence-electron chi connectivity index (χ0n) is 15.1. The monoisotopic (exact) mass is 383 g/mol. The average molecular weight is 383 g/mol. The lowest BCUT2D eigenvalue weighted by Crippen LogP contribution is -2.22. The molecule has 1 aromatic heterocycles. The minimum Gasteiger partial charge on any atom is -0.872 e. The highest BCUT2D eigenvalue weighted by molar-refractivity contribution is 5.88. The van der Waals surface area contributed by atoms with Crippen LogP contribution >= 0.6 is 0 Å². The standard InChI is InChI=1S/C23H16N2O4/c26-18-11-8-15(9-12-18)10-13-21-24-20-7-2-1-6-19(20)22(27)25(21)17-5-3-4-16(14-17)23(28)29/h1-14,26H,(H,28,29)/p-1/b13-10+. The van der Waals surface area contributed by atoms with Gasteiger partial charge in [-0.2, -0.15) is 0 Å². The van der Waals surface area contributed by atoms with Gasteiger partial charge in [0.25, 0.3) is 5.56 Å². The maximum Gasteiger partial charge on any atom is 0.335 e. The molecule has 6 nitrogen and oxygen atoms in total. The summed E-state index contributed by atoms with van der Waals surface area (Å²) in [6.45, 7) is 0. The van der Waals surface area contributed by atoms with Crippen LogP contribution in [-0.4, -0.2) is 20.6 Å². The molecular formula is C23H15N2O4-. The van der Waals surface area contributed by atoms with Crippen molar-refractivity contribution >= 4 is 29.0 Å². The Morgan fingerprint density at radius 2 is 1.72 bits per heavy atom. The summed E-state index contributed by atoms with van der Waals surface area (Å²) in [5, 5.41) is 21.0. The number of carbonyl (C=O) groups is 1. The lowest BCUT2D eigenvalue weighted by molar-refractivity contribution is -0.268. The molecule has 1 heterocycles. The number of aromatic carboxylic acids is 1. The summed E-state index contributed by atoms with van der Waals surface area (Å²) >= 11 is 0. The van der Waals surface area contributed by atoms with E-state index in [9.17, 15) is 19.8 Å². The minimum absolute atomic E-state index is 0.0727. The molecule has 0 aliphatic carbocycles. The number of hydrogen-bond donors (Lipinski definition) is 1. The van der Waals surface area contributed by atoms with Gasteiger partial charge in [-0.1, -0.05) is 48.5 Å². The Morgan fingerprint density at radius 1 is 0.966 bits per heavy atom. The first kappa shape index (κ1) is 18.2. The fraction of sp³-hybridized carbons (Fsp3) is 0. The zero-order valence-corrected chi connectivity index (χ0v) is 15.1. The fourth-order valence-corrected chi connectivity index (χ4v) is 3.04. The van der Waals surface area contributed by atoms with Crippen LogP contribution < -0.4 is 10.7 Å². The van der Waals surface area contributed by atoms with Crippen LogP contribution in [-0.2, 0) is 0 Å². The SMILES string of the molecule is O=C(O)c1cccc(-n2c(/C=C/c3ccc([O-])cc3)nc3ccccc3c2=O)c1. The molecule has 0 bridgehead atoms. The summed E-state index contributed by atoms with van der Waals surface area (Å²) in [6, 6.07) is 19.4. The van der Waals surface area contributed by atoms with Gasteiger partial charge >= 0.3 is 5.97 Å². The first-order valence-electron chi connectivity index (χ1n) is 8.83. The van der Waals surface area contributed by atoms with Crippen molar-refractivity contribution in [2.45, 2.75) is 0 Å². The third-order valence-corrected chi connectivity index (χ3v) is 4.46. The molecule has 0 radical (unpaired) electrons. The number of nitrogens with zero attached hydrogens (tertiary/aromatic N) is 2. The number of hydrogen-bond acceptors (Lipinski definition) is 4. The quantitative estimate of drug-likeness (QED) is 0.583. The van der Waals surface area contributed by atoms with Crippen LogP contribution in [0.1, 0.15) is 21.7 Å². The third-order valence-electron chi connectivity index (χ3n) is 4.46.